The summed E-state index contributed by atoms with van der Waals surface area (Å²) in [5, 5.41) is 6.45. The van der Waals surface area contributed by atoms with E-state index in [0.717, 1.165) is 32.6 Å². The summed E-state index contributed by atoms with van der Waals surface area (Å²) in [6.45, 7) is 8.99. The smallest absolute Gasteiger partial charge is 0.407 e. The van der Waals surface area contributed by atoms with Gasteiger partial charge in [-0.25, -0.2) is 4.79 Å². The molecular weight excluding hydrogens is 244 g/mol. The molecule has 110 valence electrons. The SMILES string of the molecule is CC(C)(C)OC(=O)NCC1CCNC2CCOCC12. The Morgan fingerprint density at radius 2 is 2.21 bits per heavy atom. The third-order valence-electron chi connectivity index (χ3n) is 3.83. The number of fused-ring (bicyclic) bond motifs is 1. The molecule has 0 saturated carbocycles. The van der Waals surface area contributed by atoms with E-state index in [1.807, 2.05) is 20.8 Å². The van der Waals surface area contributed by atoms with Crippen molar-refractivity contribution in [1.82, 2.24) is 10.6 Å². The molecule has 1 amide bonds. The second-order valence-electron chi connectivity index (χ2n) is 6.52. The normalized spacial score (nSPS) is 31.4. The predicted octanol–water partition coefficient (Wildman–Crippen LogP) is 1.53. The van der Waals surface area contributed by atoms with Crippen molar-refractivity contribution in [3.8, 4) is 0 Å². The Morgan fingerprint density at radius 1 is 1.42 bits per heavy atom. The molecule has 0 aromatic carbocycles. The fourth-order valence-corrected chi connectivity index (χ4v) is 2.93. The zero-order valence-corrected chi connectivity index (χ0v) is 12.2. The van der Waals surface area contributed by atoms with Gasteiger partial charge in [0.25, 0.3) is 0 Å². The summed E-state index contributed by atoms with van der Waals surface area (Å²) in [6.07, 6.45) is 1.84. The summed E-state index contributed by atoms with van der Waals surface area (Å²) in [7, 11) is 0. The van der Waals surface area contributed by atoms with Crippen LogP contribution >= 0.6 is 0 Å². The second kappa shape index (κ2) is 6.09. The van der Waals surface area contributed by atoms with Crippen molar-refractivity contribution in [2.24, 2.45) is 11.8 Å². The number of alkyl carbamates (subject to hydrolysis) is 1. The van der Waals surface area contributed by atoms with Crippen LogP contribution in [0.4, 0.5) is 4.79 Å². The van der Waals surface area contributed by atoms with Gasteiger partial charge >= 0.3 is 6.09 Å². The largest absolute Gasteiger partial charge is 0.444 e. The third-order valence-corrected chi connectivity index (χ3v) is 3.83. The van der Waals surface area contributed by atoms with Crippen LogP contribution < -0.4 is 10.6 Å². The van der Waals surface area contributed by atoms with E-state index >= 15 is 0 Å². The standard InChI is InChI=1S/C14H26N2O3/c1-14(2,3)19-13(17)16-8-10-4-6-15-12-5-7-18-9-11(10)12/h10-12,15H,4-9H2,1-3H3,(H,16,17). The van der Waals surface area contributed by atoms with Gasteiger partial charge in [0, 0.05) is 25.1 Å². The molecule has 3 unspecified atom stereocenters. The van der Waals surface area contributed by atoms with Gasteiger partial charge in [-0.1, -0.05) is 0 Å². The van der Waals surface area contributed by atoms with Gasteiger partial charge in [-0.3, -0.25) is 0 Å². The molecule has 2 aliphatic heterocycles. The second-order valence-corrected chi connectivity index (χ2v) is 6.52. The number of carbonyl (C=O) groups excluding carboxylic acids is 1. The van der Waals surface area contributed by atoms with Crippen LogP contribution in [0.2, 0.25) is 0 Å². The van der Waals surface area contributed by atoms with Crippen molar-refractivity contribution < 1.29 is 14.3 Å². The molecule has 0 radical (unpaired) electrons. The van der Waals surface area contributed by atoms with E-state index in [-0.39, 0.29) is 6.09 Å². The molecule has 0 bridgehead atoms. The Labute approximate surface area is 115 Å². The van der Waals surface area contributed by atoms with Crippen LogP contribution in [0.1, 0.15) is 33.6 Å². The van der Waals surface area contributed by atoms with Crippen LogP contribution in [0.15, 0.2) is 0 Å². The van der Waals surface area contributed by atoms with E-state index in [0.29, 0.717) is 24.4 Å². The van der Waals surface area contributed by atoms with E-state index in [9.17, 15) is 4.79 Å². The lowest BCUT2D eigenvalue weighted by Crippen LogP contribution is -2.53. The average molecular weight is 270 g/mol. The molecule has 0 spiro atoms. The summed E-state index contributed by atoms with van der Waals surface area (Å²) >= 11 is 0. The first-order valence-electron chi connectivity index (χ1n) is 7.24. The molecule has 5 heteroatoms. The van der Waals surface area contributed by atoms with Gasteiger partial charge in [-0.2, -0.15) is 0 Å². The van der Waals surface area contributed by atoms with Crippen molar-refractivity contribution >= 4 is 6.09 Å². The lowest BCUT2D eigenvalue weighted by Gasteiger charge is -2.41. The molecule has 2 N–H and O–H groups in total. The molecule has 2 saturated heterocycles. The summed E-state index contributed by atoms with van der Waals surface area (Å²) < 4.78 is 10.8. The summed E-state index contributed by atoms with van der Waals surface area (Å²) in [5.41, 5.74) is -0.436. The topological polar surface area (TPSA) is 59.6 Å². The van der Waals surface area contributed by atoms with Crippen LogP contribution in [0.25, 0.3) is 0 Å². The van der Waals surface area contributed by atoms with Crippen molar-refractivity contribution in [2.45, 2.75) is 45.3 Å². The fraction of sp³-hybridized carbons (Fsp3) is 0.929. The number of hydrogen-bond donors (Lipinski definition) is 2. The number of carbonyl (C=O) groups is 1. The highest BCUT2D eigenvalue weighted by Crippen LogP contribution is 2.28. The molecule has 0 aromatic rings. The number of ether oxygens (including phenoxy) is 2. The molecule has 2 heterocycles. The lowest BCUT2D eigenvalue weighted by atomic mass is 9.79. The first-order chi connectivity index (χ1) is 8.96. The zero-order valence-electron chi connectivity index (χ0n) is 12.2. The highest BCUT2D eigenvalue weighted by atomic mass is 16.6. The zero-order chi connectivity index (χ0) is 13.9. The maximum atomic E-state index is 11.7. The van der Waals surface area contributed by atoms with Gasteiger partial charge in [0.15, 0.2) is 0 Å². The minimum Gasteiger partial charge on any atom is -0.444 e. The maximum Gasteiger partial charge on any atom is 0.407 e. The molecule has 0 aromatic heterocycles. The average Bonchev–Trinajstić information content (AvgIpc) is 2.34. The Kier molecular flexibility index (Phi) is 4.68. The monoisotopic (exact) mass is 270 g/mol. The minimum atomic E-state index is -0.436. The van der Waals surface area contributed by atoms with Gasteiger partial charge in [0.2, 0.25) is 0 Å². The first-order valence-corrected chi connectivity index (χ1v) is 7.24. The van der Waals surface area contributed by atoms with Crippen molar-refractivity contribution in [2.75, 3.05) is 26.3 Å². The minimum absolute atomic E-state index is 0.320. The van der Waals surface area contributed by atoms with Crippen molar-refractivity contribution in [3.05, 3.63) is 0 Å². The van der Waals surface area contributed by atoms with Crippen LogP contribution in [0.3, 0.4) is 0 Å². The van der Waals surface area contributed by atoms with Gasteiger partial charge < -0.3 is 20.1 Å². The Morgan fingerprint density at radius 3 is 2.95 bits per heavy atom. The predicted molar refractivity (Wildman–Crippen MR) is 73.1 cm³/mol. The molecule has 2 fully saturated rings. The summed E-state index contributed by atoms with van der Waals surface area (Å²) in [5.74, 6) is 0.997. The molecule has 2 aliphatic rings. The van der Waals surface area contributed by atoms with Gasteiger partial charge in [-0.15, -0.1) is 0 Å². The van der Waals surface area contributed by atoms with Crippen molar-refractivity contribution in [3.63, 3.8) is 0 Å². The number of hydrogen-bond acceptors (Lipinski definition) is 4. The summed E-state index contributed by atoms with van der Waals surface area (Å²) in [6, 6.07) is 0.549. The van der Waals surface area contributed by atoms with Crippen LogP contribution in [-0.2, 0) is 9.47 Å². The van der Waals surface area contributed by atoms with Crippen LogP contribution in [0, 0.1) is 11.8 Å². The lowest BCUT2D eigenvalue weighted by molar-refractivity contribution is -0.00889. The molecule has 0 aliphatic carbocycles. The van der Waals surface area contributed by atoms with Gasteiger partial charge in [0.05, 0.1) is 6.61 Å². The highest BCUT2D eigenvalue weighted by molar-refractivity contribution is 5.67. The number of rotatable bonds is 2. The highest BCUT2D eigenvalue weighted by Gasteiger charge is 2.35. The number of nitrogens with one attached hydrogen (secondary N) is 2. The molecule has 2 rings (SSSR count). The number of amides is 1. The quantitative estimate of drug-likeness (QED) is 0.799. The van der Waals surface area contributed by atoms with E-state index in [4.69, 9.17) is 9.47 Å². The Balaban J connectivity index is 1.79. The van der Waals surface area contributed by atoms with Crippen LogP contribution in [0.5, 0.6) is 0 Å². The molecular formula is C14H26N2O3. The molecule has 5 nitrogen and oxygen atoms in total. The molecule has 3 atom stereocenters. The summed E-state index contributed by atoms with van der Waals surface area (Å²) in [4.78, 5) is 11.7. The van der Waals surface area contributed by atoms with Crippen LogP contribution in [-0.4, -0.2) is 44.0 Å². The van der Waals surface area contributed by atoms with Gasteiger partial charge in [-0.05, 0) is 46.1 Å². The van der Waals surface area contributed by atoms with Crippen molar-refractivity contribution in [1.29, 1.82) is 0 Å². The van der Waals surface area contributed by atoms with E-state index < -0.39 is 5.60 Å². The van der Waals surface area contributed by atoms with E-state index in [1.54, 1.807) is 0 Å². The first kappa shape index (κ1) is 14.6. The number of piperidine rings is 1. The fourth-order valence-electron chi connectivity index (χ4n) is 2.93. The van der Waals surface area contributed by atoms with Gasteiger partial charge in [0.1, 0.15) is 5.60 Å². The maximum absolute atomic E-state index is 11.7. The van der Waals surface area contributed by atoms with E-state index in [1.165, 1.54) is 0 Å². The Hall–Kier alpha value is -0.810. The third kappa shape index (κ3) is 4.35. The molecule has 19 heavy (non-hydrogen) atoms. The van der Waals surface area contributed by atoms with E-state index in [2.05, 4.69) is 10.6 Å². The Bertz CT molecular complexity index is 312.